The molecule has 0 bridgehead atoms. The van der Waals surface area contributed by atoms with Gasteiger partial charge in [-0.3, -0.25) is 9.69 Å². The Bertz CT molecular complexity index is 580. The van der Waals surface area contributed by atoms with Gasteiger partial charge in [-0.05, 0) is 49.9 Å². The van der Waals surface area contributed by atoms with E-state index >= 15 is 0 Å². The van der Waals surface area contributed by atoms with E-state index < -0.39 is 5.54 Å². The van der Waals surface area contributed by atoms with Crippen molar-refractivity contribution in [2.75, 3.05) is 13.1 Å². The Morgan fingerprint density at radius 1 is 1.55 bits per heavy atom. The van der Waals surface area contributed by atoms with Crippen LogP contribution in [0.4, 0.5) is 4.39 Å². The van der Waals surface area contributed by atoms with Crippen LogP contribution in [0.15, 0.2) is 24.3 Å². The summed E-state index contributed by atoms with van der Waals surface area (Å²) in [5, 5.41) is 12.1. The van der Waals surface area contributed by atoms with Crippen LogP contribution in [0.1, 0.15) is 32.3 Å². The van der Waals surface area contributed by atoms with E-state index in [4.69, 9.17) is 0 Å². The molecule has 0 saturated heterocycles. The van der Waals surface area contributed by atoms with Gasteiger partial charge in [0.15, 0.2) is 0 Å². The van der Waals surface area contributed by atoms with Gasteiger partial charge in [-0.2, -0.15) is 5.26 Å². The lowest BCUT2D eigenvalue weighted by Crippen LogP contribution is -2.50. The van der Waals surface area contributed by atoms with E-state index in [1.54, 1.807) is 13.0 Å². The molecular weight excluding hydrogens is 281 g/mol. The van der Waals surface area contributed by atoms with Gasteiger partial charge in [-0.1, -0.05) is 19.1 Å². The fraction of sp³-hybridized carbons (Fsp3) is 0.529. The number of amides is 1. The molecule has 0 aromatic heterocycles. The molecule has 118 valence electrons. The van der Waals surface area contributed by atoms with Gasteiger partial charge in [0.1, 0.15) is 11.4 Å². The van der Waals surface area contributed by atoms with Crippen molar-refractivity contribution < 1.29 is 9.18 Å². The molecule has 1 aromatic carbocycles. The molecule has 0 radical (unpaired) electrons. The highest BCUT2D eigenvalue weighted by molar-refractivity contribution is 5.79. The highest BCUT2D eigenvalue weighted by Gasteiger charge is 2.43. The molecular formula is C17H22FN3O. The molecule has 1 saturated carbocycles. The summed E-state index contributed by atoms with van der Waals surface area (Å²) in [6.07, 6.45) is 1.98. The van der Waals surface area contributed by atoms with E-state index in [0.717, 1.165) is 18.4 Å². The van der Waals surface area contributed by atoms with E-state index in [1.807, 2.05) is 17.9 Å². The van der Waals surface area contributed by atoms with E-state index in [0.29, 0.717) is 13.1 Å². The number of carbonyl (C=O) groups is 1. The summed E-state index contributed by atoms with van der Waals surface area (Å²) in [6.45, 7) is 5.13. The van der Waals surface area contributed by atoms with E-state index in [9.17, 15) is 14.4 Å². The lowest BCUT2D eigenvalue weighted by atomic mass is 9.98. The van der Waals surface area contributed by atoms with Crippen molar-refractivity contribution in [2.24, 2.45) is 5.92 Å². The zero-order valence-electron chi connectivity index (χ0n) is 13.1. The number of nitriles is 1. The molecule has 2 rings (SSSR count). The third-order valence-corrected chi connectivity index (χ3v) is 4.13. The van der Waals surface area contributed by atoms with Crippen LogP contribution in [-0.4, -0.2) is 29.4 Å². The monoisotopic (exact) mass is 303 g/mol. The first-order valence-electron chi connectivity index (χ1n) is 7.66. The van der Waals surface area contributed by atoms with Crippen LogP contribution in [0.3, 0.4) is 0 Å². The average molecular weight is 303 g/mol. The predicted octanol–water partition coefficient (Wildman–Crippen LogP) is 2.46. The molecule has 0 spiro atoms. The molecule has 1 atom stereocenters. The Morgan fingerprint density at radius 3 is 2.82 bits per heavy atom. The van der Waals surface area contributed by atoms with Gasteiger partial charge in [0.25, 0.3) is 0 Å². The van der Waals surface area contributed by atoms with Gasteiger partial charge in [-0.15, -0.1) is 0 Å². The summed E-state index contributed by atoms with van der Waals surface area (Å²) in [4.78, 5) is 14.1. The van der Waals surface area contributed by atoms with E-state index in [-0.39, 0.29) is 24.2 Å². The smallest absolute Gasteiger partial charge is 0.235 e. The fourth-order valence-electron chi connectivity index (χ4n) is 2.59. The summed E-state index contributed by atoms with van der Waals surface area (Å²) in [5.41, 5.74) is 0.0647. The van der Waals surface area contributed by atoms with Gasteiger partial charge in [0.05, 0.1) is 12.6 Å². The molecule has 0 heterocycles. The summed E-state index contributed by atoms with van der Waals surface area (Å²) >= 11 is 0. The second-order valence-corrected chi connectivity index (χ2v) is 6.07. The Labute approximate surface area is 130 Å². The molecule has 1 aliphatic carbocycles. The van der Waals surface area contributed by atoms with Crippen LogP contribution in [0.5, 0.6) is 0 Å². The second kappa shape index (κ2) is 6.89. The van der Waals surface area contributed by atoms with Crippen molar-refractivity contribution in [3.63, 3.8) is 0 Å². The summed E-state index contributed by atoms with van der Waals surface area (Å²) < 4.78 is 13.2. The van der Waals surface area contributed by atoms with Crippen molar-refractivity contribution in [1.29, 1.82) is 5.26 Å². The number of hydrogen-bond acceptors (Lipinski definition) is 3. The second-order valence-electron chi connectivity index (χ2n) is 6.07. The summed E-state index contributed by atoms with van der Waals surface area (Å²) in [5.74, 6) is -0.169. The minimum absolute atomic E-state index is 0.158. The number of rotatable bonds is 7. The van der Waals surface area contributed by atoms with E-state index in [1.165, 1.54) is 12.1 Å². The van der Waals surface area contributed by atoms with Crippen LogP contribution in [0.25, 0.3) is 0 Å². The third-order valence-electron chi connectivity index (χ3n) is 4.13. The van der Waals surface area contributed by atoms with Crippen LogP contribution >= 0.6 is 0 Å². The normalized spacial score (nSPS) is 16.9. The molecule has 5 heteroatoms. The third kappa shape index (κ3) is 4.28. The molecule has 22 heavy (non-hydrogen) atoms. The first-order valence-corrected chi connectivity index (χ1v) is 7.66. The van der Waals surface area contributed by atoms with Crippen molar-refractivity contribution in [2.45, 2.75) is 38.8 Å². The molecule has 0 aliphatic heterocycles. The van der Waals surface area contributed by atoms with Crippen molar-refractivity contribution >= 4 is 5.91 Å². The number of likely N-dealkylation sites (N-methyl/N-ethyl adjacent to an activating group) is 1. The largest absolute Gasteiger partial charge is 0.337 e. The van der Waals surface area contributed by atoms with Crippen molar-refractivity contribution in [3.8, 4) is 6.07 Å². The van der Waals surface area contributed by atoms with Crippen molar-refractivity contribution in [1.82, 2.24) is 10.2 Å². The lowest BCUT2D eigenvalue weighted by molar-refractivity contribution is -0.123. The number of nitrogens with zero attached hydrogens (tertiary/aromatic N) is 2. The van der Waals surface area contributed by atoms with Gasteiger partial charge >= 0.3 is 0 Å². The minimum Gasteiger partial charge on any atom is -0.337 e. The van der Waals surface area contributed by atoms with Gasteiger partial charge < -0.3 is 5.32 Å². The summed E-state index contributed by atoms with van der Waals surface area (Å²) in [6, 6.07) is 8.60. The highest BCUT2D eigenvalue weighted by atomic mass is 19.1. The standard InChI is InChI=1S/C17H22FN3O/c1-3-21(10-13-5-4-6-15(18)9-13)11-16(22)20-17(2,12-19)14-7-8-14/h4-6,9,14H,3,7-8,10-11H2,1-2H3,(H,20,22)/t17-/m0/s1. The Hall–Kier alpha value is -1.93. The van der Waals surface area contributed by atoms with Gasteiger partial charge in [0, 0.05) is 6.54 Å². The molecule has 1 fully saturated rings. The topological polar surface area (TPSA) is 56.1 Å². The van der Waals surface area contributed by atoms with Gasteiger partial charge in [-0.25, -0.2) is 4.39 Å². The predicted molar refractivity (Wildman–Crippen MR) is 82.2 cm³/mol. The number of nitrogens with one attached hydrogen (secondary N) is 1. The molecule has 1 amide bonds. The molecule has 1 aliphatic rings. The lowest BCUT2D eigenvalue weighted by Gasteiger charge is -2.26. The first-order chi connectivity index (χ1) is 10.5. The summed E-state index contributed by atoms with van der Waals surface area (Å²) in [7, 11) is 0. The zero-order chi connectivity index (χ0) is 16.2. The quantitative estimate of drug-likeness (QED) is 0.842. The number of benzene rings is 1. The van der Waals surface area contributed by atoms with Crippen LogP contribution in [0.2, 0.25) is 0 Å². The van der Waals surface area contributed by atoms with E-state index in [2.05, 4.69) is 11.4 Å². The fourth-order valence-corrected chi connectivity index (χ4v) is 2.59. The first kappa shape index (κ1) is 16.4. The average Bonchev–Trinajstić information content (AvgIpc) is 3.31. The molecule has 4 nitrogen and oxygen atoms in total. The molecule has 1 N–H and O–H groups in total. The maximum atomic E-state index is 13.2. The Morgan fingerprint density at radius 2 is 2.27 bits per heavy atom. The molecule has 0 unspecified atom stereocenters. The maximum absolute atomic E-state index is 13.2. The van der Waals surface area contributed by atoms with Crippen LogP contribution in [0, 0.1) is 23.1 Å². The zero-order valence-corrected chi connectivity index (χ0v) is 13.1. The number of carbonyl (C=O) groups excluding carboxylic acids is 1. The number of hydrogen-bond donors (Lipinski definition) is 1. The molecule has 1 aromatic rings. The highest BCUT2D eigenvalue weighted by Crippen LogP contribution is 2.39. The van der Waals surface area contributed by atoms with Crippen molar-refractivity contribution in [3.05, 3.63) is 35.6 Å². The Balaban J connectivity index is 1.92. The van der Waals surface area contributed by atoms with Crippen LogP contribution in [-0.2, 0) is 11.3 Å². The minimum atomic E-state index is -0.769. The maximum Gasteiger partial charge on any atom is 0.235 e. The SMILES string of the molecule is CCN(CC(=O)N[C@@](C)(C#N)C1CC1)Cc1cccc(F)c1. The Kier molecular flexibility index (Phi) is 5.15. The van der Waals surface area contributed by atoms with Gasteiger partial charge in [0.2, 0.25) is 5.91 Å². The van der Waals surface area contributed by atoms with Crippen LogP contribution < -0.4 is 5.32 Å². The number of halogens is 1.